The van der Waals surface area contributed by atoms with Crippen molar-refractivity contribution in [2.75, 3.05) is 6.61 Å². The first kappa shape index (κ1) is 12.7. The summed E-state index contributed by atoms with van der Waals surface area (Å²) < 4.78 is 6.14. The molecule has 0 spiro atoms. The average Bonchev–Trinajstić information content (AvgIpc) is 2.39. The van der Waals surface area contributed by atoms with Gasteiger partial charge in [0.2, 0.25) is 5.78 Å². The lowest BCUT2D eigenvalue weighted by Crippen LogP contribution is -2.05. The molecule has 2 aromatic heterocycles. The van der Waals surface area contributed by atoms with Crippen LogP contribution >= 0.6 is 15.9 Å². The molecule has 0 aliphatic rings. The summed E-state index contributed by atoms with van der Waals surface area (Å²) in [4.78, 5) is 20.2. The first-order valence-corrected chi connectivity index (χ1v) is 6.24. The number of carbonyl (C=O) groups is 1. The van der Waals surface area contributed by atoms with Crippen molar-refractivity contribution < 1.29 is 9.53 Å². The van der Waals surface area contributed by atoms with E-state index in [9.17, 15) is 4.79 Å². The van der Waals surface area contributed by atoms with E-state index in [0.29, 0.717) is 23.6 Å². The molecule has 0 aliphatic heterocycles. The lowest BCUT2D eigenvalue weighted by Gasteiger charge is -2.04. The molecule has 2 heterocycles. The molecule has 0 saturated carbocycles. The fourth-order valence-electron chi connectivity index (χ4n) is 1.45. The van der Waals surface area contributed by atoms with Gasteiger partial charge < -0.3 is 4.74 Å². The Morgan fingerprint density at radius 3 is 2.83 bits per heavy atom. The minimum Gasteiger partial charge on any atom is -0.492 e. The predicted molar refractivity (Wildman–Crippen MR) is 70.8 cm³/mol. The number of hydrogen-bond acceptors (Lipinski definition) is 4. The second-order valence-electron chi connectivity index (χ2n) is 3.53. The van der Waals surface area contributed by atoms with Gasteiger partial charge in [-0.3, -0.25) is 14.8 Å². The van der Waals surface area contributed by atoms with Gasteiger partial charge in [-0.2, -0.15) is 0 Å². The van der Waals surface area contributed by atoms with E-state index in [1.165, 1.54) is 6.20 Å². The monoisotopic (exact) mass is 306 g/mol. The van der Waals surface area contributed by atoms with Crippen molar-refractivity contribution in [1.82, 2.24) is 9.97 Å². The molecule has 2 aromatic rings. The molecule has 5 heteroatoms. The Balaban J connectivity index is 2.28. The first-order chi connectivity index (χ1) is 8.70. The normalized spacial score (nSPS) is 10.1. The molecular weight excluding hydrogens is 296 g/mol. The number of ketones is 1. The molecule has 4 nitrogen and oxygen atoms in total. The molecular formula is C13H11BrN2O2. The standard InChI is InChI=1S/C13H11BrN2O2/c1-2-18-11-5-9(6-15-8-11)13(17)12-4-3-10(14)7-16-12/h3-8H,2H2,1H3. The maximum absolute atomic E-state index is 12.1. The van der Waals surface area contributed by atoms with E-state index in [0.717, 1.165) is 4.47 Å². The van der Waals surface area contributed by atoms with E-state index in [4.69, 9.17) is 4.74 Å². The number of ether oxygens (including phenoxy) is 1. The first-order valence-electron chi connectivity index (χ1n) is 5.45. The van der Waals surface area contributed by atoms with Crippen molar-refractivity contribution in [3.8, 4) is 5.75 Å². The lowest BCUT2D eigenvalue weighted by molar-refractivity contribution is 0.103. The number of nitrogens with zero attached hydrogens (tertiary/aromatic N) is 2. The fraction of sp³-hybridized carbons (Fsp3) is 0.154. The van der Waals surface area contributed by atoms with Crippen LogP contribution in [-0.4, -0.2) is 22.4 Å². The summed E-state index contributed by atoms with van der Waals surface area (Å²) in [5.41, 5.74) is 0.851. The largest absolute Gasteiger partial charge is 0.492 e. The molecule has 0 bridgehead atoms. The van der Waals surface area contributed by atoms with Crippen molar-refractivity contribution in [3.63, 3.8) is 0 Å². The average molecular weight is 307 g/mol. The van der Waals surface area contributed by atoms with Gasteiger partial charge in [-0.1, -0.05) is 0 Å². The second kappa shape index (κ2) is 5.73. The van der Waals surface area contributed by atoms with Crippen LogP contribution in [0.4, 0.5) is 0 Å². The quantitative estimate of drug-likeness (QED) is 0.815. The Hall–Kier alpha value is -1.75. The molecule has 0 saturated heterocycles. The zero-order chi connectivity index (χ0) is 13.0. The molecule has 0 fully saturated rings. The van der Waals surface area contributed by atoms with Crippen LogP contribution in [0.5, 0.6) is 5.75 Å². The van der Waals surface area contributed by atoms with E-state index < -0.39 is 0 Å². The van der Waals surface area contributed by atoms with Crippen LogP contribution in [-0.2, 0) is 0 Å². The summed E-state index contributed by atoms with van der Waals surface area (Å²) in [7, 11) is 0. The summed E-state index contributed by atoms with van der Waals surface area (Å²) in [6.45, 7) is 2.42. The van der Waals surface area contributed by atoms with Crippen LogP contribution < -0.4 is 4.74 Å². The highest BCUT2D eigenvalue weighted by Gasteiger charge is 2.11. The summed E-state index contributed by atoms with van der Waals surface area (Å²) in [6, 6.07) is 5.11. The molecule has 0 radical (unpaired) electrons. The molecule has 0 atom stereocenters. The third-order valence-electron chi connectivity index (χ3n) is 2.25. The minimum absolute atomic E-state index is 0.170. The van der Waals surface area contributed by atoms with Gasteiger partial charge in [0.25, 0.3) is 0 Å². The van der Waals surface area contributed by atoms with E-state index in [2.05, 4.69) is 25.9 Å². The third kappa shape index (κ3) is 2.92. The Labute approximate surface area is 113 Å². The third-order valence-corrected chi connectivity index (χ3v) is 2.72. The number of rotatable bonds is 4. The zero-order valence-corrected chi connectivity index (χ0v) is 11.3. The summed E-state index contributed by atoms with van der Waals surface area (Å²) in [5, 5.41) is 0. The van der Waals surface area contributed by atoms with Crippen LogP contribution in [0.2, 0.25) is 0 Å². The van der Waals surface area contributed by atoms with Crippen molar-refractivity contribution in [2.45, 2.75) is 6.92 Å². The van der Waals surface area contributed by atoms with Gasteiger partial charge in [0.05, 0.1) is 12.8 Å². The molecule has 0 aromatic carbocycles. The SMILES string of the molecule is CCOc1cncc(C(=O)c2ccc(Br)cn2)c1. The van der Waals surface area contributed by atoms with Gasteiger partial charge in [-0.05, 0) is 41.1 Å². The number of carbonyl (C=O) groups excluding carboxylic acids is 1. The number of halogens is 1. The van der Waals surface area contributed by atoms with Gasteiger partial charge in [0.1, 0.15) is 11.4 Å². The highest BCUT2D eigenvalue weighted by atomic mass is 79.9. The summed E-state index contributed by atoms with van der Waals surface area (Å²) in [6.07, 6.45) is 4.68. The smallest absolute Gasteiger partial charge is 0.213 e. The van der Waals surface area contributed by atoms with Gasteiger partial charge in [-0.25, -0.2) is 0 Å². The summed E-state index contributed by atoms with van der Waals surface area (Å²) in [5.74, 6) is 0.414. The number of pyridine rings is 2. The fourth-order valence-corrected chi connectivity index (χ4v) is 1.68. The molecule has 18 heavy (non-hydrogen) atoms. The maximum atomic E-state index is 12.1. The van der Waals surface area contributed by atoms with Crippen molar-refractivity contribution >= 4 is 21.7 Å². The molecule has 0 N–H and O–H groups in total. The molecule has 92 valence electrons. The second-order valence-corrected chi connectivity index (χ2v) is 4.45. The van der Waals surface area contributed by atoms with E-state index >= 15 is 0 Å². The van der Waals surface area contributed by atoms with Crippen LogP contribution in [0.3, 0.4) is 0 Å². The molecule has 2 rings (SSSR count). The van der Waals surface area contributed by atoms with E-state index in [-0.39, 0.29) is 5.78 Å². The highest BCUT2D eigenvalue weighted by Crippen LogP contribution is 2.15. The van der Waals surface area contributed by atoms with Gasteiger partial charge in [-0.15, -0.1) is 0 Å². The Bertz CT molecular complexity index is 555. The zero-order valence-electron chi connectivity index (χ0n) is 9.76. The van der Waals surface area contributed by atoms with Crippen LogP contribution in [0.25, 0.3) is 0 Å². The van der Waals surface area contributed by atoms with Crippen molar-refractivity contribution in [2.24, 2.45) is 0 Å². The highest BCUT2D eigenvalue weighted by molar-refractivity contribution is 9.10. The van der Waals surface area contributed by atoms with Crippen molar-refractivity contribution in [3.05, 3.63) is 52.5 Å². The van der Waals surface area contributed by atoms with Crippen molar-refractivity contribution in [1.29, 1.82) is 0 Å². The lowest BCUT2D eigenvalue weighted by atomic mass is 10.1. The molecule has 0 amide bonds. The number of hydrogen-bond donors (Lipinski definition) is 0. The molecule has 0 aliphatic carbocycles. The van der Waals surface area contributed by atoms with E-state index in [1.54, 1.807) is 30.6 Å². The van der Waals surface area contributed by atoms with Crippen LogP contribution in [0.15, 0.2) is 41.3 Å². The van der Waals surface area contributed by atoms with Crippen LogP contribution in [0, 0.1) is 0 Å². The maximum Gasteiger partial charge on any atom is 0.213 e. The minimum atomic E-state index is -0.170. The van der Waals surface area contributed by atoms with Gasteiger partial charge >= 0.3 is 0 Å². The van der Waals surface area contributed by atoms with Crippen LogP contribution in [0.1, 0.15) is 23.0 Å². The number of aromatic nitrogens is 2. The predicted octanol–water partition coefficient (Wildman–Crippen LogP) is 2.87. The Morgan fingerprint density at radius 2 is 2.17 bits per heavy atom. The van der Waals surface area contributed by atoms with Gasteiger partial charge in [0.15, 0.2) is 0 Å². The van der Waals surface area contributed by atoms with E-state index in [1.807, 2.05) is 6.92 Å². The Morgan fingerprint density at radius 1 is 1.33 bits per heavy atom. The molecule has 0 unspecified atom stereocenters. The Kier molecular flexibility index (Phi) is 4.04. The topological polar surface area (TPSA) is 52.1 Å². The summed E-state index contributed by atoms with van der Waals surface area (Å²) >= 11 is 3.28. The van der Waals surface area contributed by atoms with Gasteiger partial charge in [0, 0.05) is 22.4 Å².